The Morgan fingerprint density at radius 2 is 1.51 bits per heavy atom. The van der Waals surface area contributed by atoms with Crippen molar-refractivity contribution in [2.24, 2.45) is 5.92 Å². The Balaban J connectivity index is 1.28. The second kappa shape index (κ2) is 10.6. The molecular formula is C29H34N4O2. The van der Waals surface area contributed by atoms with E-state index >= 15 is 0 Å². The van der Waals surface area contributed by atoms with Crippen molar-refractivity contribution in [3.8, 4) is 0 Å². The van der Waals surface area contributed by atoms with Crippen molar-refractivity contribution in [3.63, 3.8) is 0 Å². The van der Waals surface area contributed by atoms with Gasteiger partial charge in [0, 0.05) is 75.6 Å². The van der Waals surface area contributed by atoms with E-state index in [2.05, 4.69) is 76.2 Å². The summed E-state index contributed by atoms with van der Waals surface area (Å²) in [4.78, 5) is 18.8. The predicted octanol–water partition coefficient (Wildman–Crippen LogP) is 4.94. The molecule has 0 saturated carbocycles. The third-order valence-corrected chi connectivity index (χ3v) is 7.59. The fraction of sp³-hybridized carbons (Fsp3) is 0.379. The van der Waals surface area contributed by atoms with Crippen LogP contribution in [0, 0.1) is 23.0 Å². The average molecular weight is 471 g/mol. The Morgan fingerprint density at radius 3 is 2.23 bits per heavy atom. The topological polar surface area (TPSA) is 52.9 Å². The van der Waals surface area contributed by atoms with E-state index in [4.69, 9.17) is 0 Å². The van der Waals surface area contributed by atoms with Crippen LogP contribution in [-0.2, 0) is 6.54 Å². The molecule has 182 valence electrons. The van der Waals surface area contributed by atoms with E-state index in [1.807, 2.05) is 12.1 Å². The zero-order valence-electron chi connectivity index (χ0n) is 20.4. The van der Waals surface area contributed by atoms with E-state index in [9.17, 15) is 10.1 Å². The third-order valence-electron chi connectivity index (χ3n) is 7.59. The van der Waals surface area contributed by atoms with Crippen LogP contribution in [0.15, 0.2) is 78.9 Å². The molecule has 0 aliphatic carbocycles. The Bertz CT molecular complexity index is 1130. The normalized spacial score (nSPS) is 21.3. The first kappa shape index (κ1) is 23.5. The summed E-state index contributed by atoms with van der Waals surface area (Å²) < 4.78 is 0. The minimum absolute atomic E-state index is 0.222. The summed E-state index contributed by atoms with van der Waals surface area (Å²) in [6, 6.07) is 26.8. The lowest BCUT2D eigenvalue weighted by Crippen LogP contribution is -2.48. The van der Waals surface area contributed by atoms with E-state index in [0.717, 1.165) is 51.4 Å². The number of likely N-dealkylation sites (tertiary alicyclic amines) is 1. The Labute approximate surface area is 207 Å². The highest BCUT2D eigenvalue weighted by Gasteiger charge is 2.36. The van der Waals surface area contributed by atoms with Crippen LogP contribution in [0.4, 0.5) is 11.4 Å². The van der Waals surface area contributed by atoms with Gasteiger partial charge in [-0.1, -0.05) is 66.2 Å². The molecule has 0 N–H and O–H groups in total. The third kappa shape index (κ3) is 5.55. The molecule has 2 heterocycles. The smallest absolute Gasteiger partial charge is 0.273 e. The molecule has 0 bridgehead atoms. The van der Waals surface area contributed by atoms with Gasteiger partial charge in [-0.3, -0.25) is 19.9 Å². The standard InChI is InChI=1S/C29H34N4O2/c1-23-11-13-24(14-12-23)28-22-31(19-25-7-5-6-10-29(25)33(34)35)21-26(28)20-30-15-17-32(18-16-30)27-8-3-2-4-9-27/h2-14,26,28H,15-22H2,1H3/t26-,28+/m1/s1. The minimum Gasteiger partial charge on any atom is -0.369 e. The molecule has 3 aromatic carbocycles. The molecule has 0 radical (unpaired) electrons. The second-order valence-electron chi connectivity index (χ2n) is 9.98. The second-order valence-corrected chi connectivity index (χ2v) is 9.98. The van der Waals surface area contributed by atoms with Gasteiger partial charge in [-0.15, -0.1) is 0 Å². The highest BCUT2D eigenvalue weighted by Crippen LogP contribution is 2.35. The number of benzene rings is 3. The fourth-order valence-electron chi connectivity index (χ4n) is 5.69. The summed E-state index contributed by atoms with van der Waals surface area (Å²) in [5.41, 5.74) is 4.99. The molecule has 2 aliphatic heterocycles. The first-order valence-electron chi connectivity index (χ1n) is 12.6. The van der Waals surface area contributed by atoms with Gasteiger partial charge in [-0.2, -0.15) is 0 Å². The molecule has 0 spiro atoms. The summed E-state index contributed by atoms with van der Waals surface area (Å²) in [6.07, 6.45) is 0. The maximum Gasteiger partial charge on any atom is 0.273 e. The number of rotatable bonds is 7. The largest absolute Gasteiger partial charge is 0.369 e. The highest BCUT2D eigenvalue weighted by atomic mass is 16.6. The lowest BCUT2D eigenvalue weighted by Gasteiger charge is -2.38. The number of aryl methyl sites for hydroxylation is 1. The number of nitrogens with zero attached hydrogens (tertiary/aromatic N) is 4. The molecule has 0 amide bonds. The van der Waals surface area contributed by atoms with Crippen molar-refractivity contribution < 1.29 is 4.92 Å². The number of nitro benzene ring substituents is 1. The Kier molecular flexibility index (Phi) is 7.11. The zero-order chi connectivity index (χ0) is 24.2. The van der Waals surface area contributed by atoms with Crippen LogP contribution in [-0.4, -0.2) is 60.5 Å². The monoisotopic (exact) mass is 470 g/mol. The molecule has 0 aromatic heterocycles. The first-order chi connectivity index (χ1) is 17.1. The van der Waals surface area contributed by atoms with Crippen LogP contribution in [0.25, 0.3) is 0 Å². The quantitative estimate of drug-likeness (QED) is 0.362. The van der Waals surface area contributed by atoms with Gasteiger partial charge in [0.05, 0.1) is 4.92 Å². The maximum atomic E-state index is 11.5. The molecule has 2 aliphatic rings. The maximum absolute atomic E-state index is 11.5. The zero-order valence-corrected chi connectivity index (χ0v) is 20.4. The van der Waals surface area contributed by atoms with E-state index < -0.39 is 0 Å². The number of piperazine rings is 1. The molecule has 2 atom stereocenters. The van der Waals surface area contributed by atoms with Gasteiger partial charge >= 0.3 is 0 Å². The molecule has 35 heavy (non-hydrogen) atoms. The summed E-state index contributed by atoms with van der Waals surface area (Å²) >= 11 is 0. The van der Waals surface area contributed by atoms with Crippen LogP contribution in [0.3, 0.4) is 0 Å². The van der Waals surface area contributed by atoms with Gasteiger partial charge in [-0.25, -0.2) is 0 Å². The number of hydrogen-bond donors (Lipinski definition) is 0. The van der Waals surface area contributed by atoms with Crippen molar-refractivity contribution >= 4 is 11.4 Å². The highest BCUT2D eigenvalue weighted by molar-refractivity contribution is 5.46. The summed E-state index contributed by atoms with van der Waals surface area (Å²) in [6.45, 7) is 9.94. The van der Waals surface area contributed by atoms with Gasteiger partial charge in [-0.05, 0) is 30.5 Å². The lowest BCUT2D eigenvalue weighted by molar-refractivity contribution is -0.385. The predicted molar refractivity (Wildman–Crippen MR) is 141 cm³/mol. The van der Waals surface area contributed by atoms with Crippen LogP contribution in [0.2, 0.25) is 0 Å². The SMILES string of the molecule is Cc1ccc([C@@H]2CN(Cc3ccccc3[N+](=O)[O-])C[C@H]2CN2CCN(c3ccccc3)CC2)cc1. The van der Waals surface area contributed by atoms with E-state index in [1.165, 1.54) is 16.8 Å². The molecule has 3 aromatic rings. The van der Waals surface area contributed by atoms with Crippen molar-refractivity contribution in [1.29, 1.82) is 0 Å². The number of anilines is 1. The number of para-hydroxylation sites is 2. The van der Waals surface area contributed by atoms with E-state index in [0.29, 0.717) is 18.4 Å². The Morgan fingerprint density at radius 1 is 0.829 bits per heavy atom. The first-order valence-corrected chi connectivity index (χ1v) is 12.6. The summed E-state index contributed by atoms with van der Waals surface area (Å²) in [5, 5.41) is 11.5. The fourth-order valence-corrected chi connectivity index (χ4v) is 5.69. The Hall–Kier alpha value is -3.22. The molecule has 5 rings (SSSR count). The van der Waals surface area contributed by atoms with Gasteiger partial charge < -0.3 is 4.90 Å². The number of nitro groups is 1. The van der Waals surface area contributed by atoms with Gasteiger partial charge in [0.2, 0.25) is 0 Å². The van der Waals surface area contributed by atoms with Crippen LogP contribution in [0.5, 0.6) is 0 Å². The molecular weight excluding hydrogens is 436 g/mol. The van der Waals surface area contributed by atoms with Crippen molar-refractivity contribution in [2.75, 3.05) is 50.7 Å². The van der Waals surface area contributed by atoms with Crippen molar-refractivity contribution in [2.45, 2.75) is 19.4 Å². The van der Waals surface area contributed by atoms with Crippen LogP contribution < -0.4 is 4.90 Å². The van der Waals surface area contributed by atoms with E-state index in [-0.39, 0.29) is 10.6 Å². The molecule has 6 heteroatoms. The molecule has 2 fully saturated rings. The van der Waals surface area contributed by atoms with Gasteiger partial charge in [0.15, 0.2) is 0 Å². The lowest BCUT2D eigenvalue weighted by atomic mass is 9.88. The molecule has 0 unspecified atom stereocenters. The average Bonchev–Trinajstić information content (AvgIpc) is 3.27. The minimum atomic E-state index is -0.257. The molecule has 2 saturated heterocycles. The number of hydrogen-bond acceptors (Lipinski definition) is 5. The molecule has 6 nitrogen and oxygen atoms in total. The summed E-state index contributed by atoms with van der Waals surface area (Å²) in [5.74, 6) is 0.939. The van der Waals surface area contributed by atoms with Crippen molar-refractivity contribution in [1.82, 2.24) is 9.80 Å². The summed E-state index contributed by atoms with van der Waals surface area (Å²) in [7, 11) is 0. The van der Waals surface area contributed by atoms with E-state index in [1.54, 1.807) is 12.1 Å². The van der Waals surface area contributed by atoms with Crippen molar-refractivity contribution in [3.05, 3.63) is 106 Å². The van der Waals surface area contributed by atoms with Crippen LogP contribution in [0.1, 0.15) is 22.6 Å². The van der Waals surface area contributed by atoms with Crippen LogP contribution >= 0.6 is 0 Å². The van der Waals surface area contributed by atoms with Gasteiger partial charge in [0.1, 0.15) is 0 Å². The van der Waals surface area contributed by atoms with Gasteiger partial charge in [0.25, 0.3) is 5.69 Å².